The van der Waals surface area contributed by atoms with Crippen LogP contribution in [0, 0.1) is 0 Å². The first-order valence-electron chi connectivity index (χ1n) is 9.64. The third kappa shape index (κ3) is 4.69. The molecule has 3 aromatic rings. The van der Waals surface area contributed by atoms with Crippen LogP contribution in [-0.4, -0.2) is 55.3 Å². The van der Waals surface area contributed by atoms with Gasteiger partial charge in [0.1, 0.15) is 0 Å². The molecule has 1 aromatic carbocycles. The van der Waals surface area contributed by atoms with Crippen molar-refractivity contribution in [1.82, 2.24) is 14.2 Å². The number of aromatic amines is 1. The maximum Gasteiger partial charge on any atom is 0.417 e. The van der Waals surface area contributed by atoms with Crippen molar-refractivity contribution in [1.29, 1.82) is 0 Å². The van der Waals surface area contributed by atoms with Crippen LogP contribution in [0.2, 0.25) is 0 Å². The molecule has 6 nitrogen and oxygen atoms in total. The molecule has 11 heteroatoms. The van der Waals surface area contributed by atoms with Crippen molar-refractivity contribution >= 4 is 32.3 Å². The Balaban J connectivity index is 1.53. The molecular formula is C20H20F3N3O3S2. The highest BCUT2D eigenvalue weighted by atomic mass is 32.2. The molecular weight excluding hydrogens is 451 g/mol. The molecule has 2 aromatic heterocycles. The molecule has 0 radical (unpaired) electrons. The summed E-state index contributed by atoms with van der Waals surface area (Å²) >= 11 is 1.68. The average molecular weight is 472 g/mol. The van der Waals surface area contributed by atoms with Gasteiger partial charge in [-0.15, -0.1) is 11.3 Å². The highest BCUT2D eigenvalue weighted by Gasteiger charge is 2.34. The van der Waals surface area contributed by atoms with E-state index in [0.29, 0.717) is 19.2 Å². The summed E-state index contributed by atoms with van der Waals surface area (Å²) in [5.41, 5.74) is -2.10. The van der Waals surface area contributed by atoms with Crippen molar-refractivity contribution in [3.05, 3.63) is 62.6 Å². The number of hydrogen-bond donors (Lipinski definition) is 1. The lowest BCUT2D eigenvalue weighted by atomic mass is 10.1. The number of benzene rings is 1. The molecule has 1 fully saturated rings. The molecule has 1 aliphatic rings. The Morgan fingerprint density at radius 2 is 1.81 bits per heavy atom. The Labute approximate surface area is 181 Å². The van der Waals surface area contributed by atoms with E-state index in [1.807, 2.05) is 11.4 Å². The number of fused-ring (bicyclic) bond motifs is 1. The Bertz CT molecular complexity index is 1230. The molecule has 1 saturated heterocycles. The van der Waals surface area contributed by atoms with Gasteiger partial charge in [0.15, 0.2) is 0 Å². The Morgan fingerprint density at radius 1 is 1.06 bits per heavy atom. The molecule has 166 valence electrons. The molecule has 0 unspecified atom stereocenters. The summed E-state index contributed by atoms with van der Waals surface area (Å²) in [5, 5.41) is 1.67. The first kappa shape index (κ1) is 22.0. The van der Waals surface area contributed by atoms with Gasteiger partial charge in [-0.05, 0) is 36.1 Å². The van der Waals surface area contributed by atoms with Crippen LogP contribution in [0.15, 0.2) is 51.5 Å². The zero-order valence-electron chi connectivity index (χ0n) is 16.4. The van der Waals surface area contributed by atoms with Gasteiger partial charge in [-0.1, -0.05) is 6.07 Å². The number of aromatic nitrogens is 1. The zero-order valence-corrected chi connectivity index (χ0v) is 18.0. The second kappa shape index (κ2) is 8.38. The highest BCUT2D eigenvalue weighted by molar-refractivity contribution is 7.89. The van der Waals surface area contributed by atoms with Crippen LogP contribution in [0.3, 0.4) is 0 Å². The zero-order chi connectivity index (χ0) is 22.2. The summed E-state index contributed by atoms with van der Waals surface area (Å²) in [6.45, 7) is 2.47. The fourth-order valence-corrected chi connectivity index (χ4v) is 5.84. The lowest BCUT2D eigenvalue weighted by Gasteiger charge is -2.34. The minimum absolute atomic E-state index is 0.0582. The van der Waals surface area contributed by atoms with Gasteiger partial charge in [-0.25, -0.2) is 8.42 Å². The number of alkyl halides is 3. The van der Waals surface area contributed by atoms with Gasteiger partial charge in [0.2, 0.25) is 15.6 Å². The van der Waals surface area contributed by atoms with E-state index in [-0.39, 0.29) is 28.9 Å². The Kier molecular flexibility index (Phi) is 5.95. The van der Waals surface area contributed by atoms with Crippen LogP contribution in [0.4, 0.5) is 13.2 Å². The van der Waals surface area contributed by atoms with Crippen LogP contribution >= 0.6 is 11.3 Å². The SMILES string of the molecule is O=c1cc(C(F)(F)F)c2cc(S(=O)(=O)N3CCN(CCc4cccs4)CC3)ccc2[nH]1. The lowest BCUT2D eigenvalue weighted by molar-refractivity contribution is -0.136. The van der Waals surface area contributed by atoms with E-state index in [2.05, 4.69) is 16.0 Å². The maximum absolute atomic E-state index is 13.4. The van der Waals surface area contributed by atoms with Crippen LogP contribution in [-0.2, 0) is 22.6 Å². The third-order valence-electron chi connectivity index (χ3n) is 5.34. The van der Waals surface area contributed by atoms with Crippen molar-refractivity contribution in [3.63, 3.8) is 0 Å². The van der Waals surface area contributed by atoms with Crippen molar-refractivity contribution in [2.75, 3.05) is 32.7 Å². The first-order valence-corrected chi connectivity index (χ1v) is 12.0. The van der Waals surface area contributed by atoms with Crippen molar-refractivity contribution in [2.45, 2.75) is 17.5 Å². The van der Waals surface area contributed by atoms with Crippen LogP contribution in [0.5, 0.6) is 0 Å². The number of nitrogens with one attached hydrogen (secondary N) is 1. The number of piperazine rings is 1. The van der Waals surface area contributed by atoms with Crippen LogP contribution in [0.1, 0.15) is 10.4 Å². The fourth-order valence-electron chi connectivity index (χ4n) is 3.69. The molecule has 31 heavy (non-hydrogen) atoms. The van der Waals surface area contributed by atoms with Crippen molar-refractivity contribution in [2.24, 2.45) is 0 Å². The highest BCUT2D eigenvalue weighted by Crippen LogP contribution is 2.34. The first-order chi connectivity index (χ1) is 14.6. The molecule has 3 heterocycles. The number of thiophene rings is 1. The van der Waals surface area contributed by atoms with Gasteiger partial charge in [-0.2, -0.15) is 17.5 Å². The largest absolute Gasteiger partial charge is 0.417 e. The molecule has 0 amide bonds. The smallest absolute Gasteiger partial charge is 0.322 e. The number of H-pyrrole nitrogens is 1. The summed E-state index contributed by atoms with van der Waals surface area (Å²) in [6.07, 6.45) is -3.88. The molecule has 4 rings (SSSR count). The number of hydrogen-bond acceptors (Lipinski definition) is 5. The van der Waals surface area contributed by atoms with Gasteiger partial charge in [-0.3, -0.25) is 4.79 Å². The second-order valence-electron chi connectivity index (χ2n) is 7.33. The molecule has 0 bridgehead atoms. The van der Waals surface area contributed by atoms with Crippen LogP contribution < -0.4 is 5.56 Å². The molecule has 1 N–H and O–H groups in total. The minimum Gasteiger partial charge on any atom is -0.322 e. The van der Waals surface area contributed by atoms with Crippen LogP contribution in [0.25, 0.3) is 10.9 Å². The number of nitrogens with zero attached hydrogens (tertiary/aromatic N) is 2. The van der Waals surface area contributed by atoms with E-state index >= 15 is 0 Å². The molecule has 0 aliphatic carbocycles. The van der Waals surface area contributed by atoms with E-state index in [0.717, 1.165) is 19.0 Å². The second-order valence-corrected chi connectivity index (χ2v) is 10.3. The predicted molar refractivity (Wildman–Crippen MR) is 113 cm³/mol. The van der Waals surface area contributed by atoms with Gasteiger partial charge < -0.3 is 9.88 Å². The van der Waals surface area contributed by atoms with Gasteiger partial charge in [0.05, 0.1) is 10.5 Å². The molecule has 0 atom stereocenters. The van der Waals surface area contributed by atoms with E-state index in [1.54, 1.807) is 11.3 Å². The topological polar surface area (TPSA) is 73.5 Å². The number of sulfonamides is 1. The van der Waals surface area contributed by atoms with E-state index in [9.17, 15) is 26.4 Å². The summed E-state index contributed by atoms with van der Waals surface area (Å²) in [4.78, 5) is 17.1. The quantitative estimate of drug-likeness (QED) is 0.621. The molecule has 1 aliphatic heterocycles. The predicted octanol–water partition coefficient (Wildman–Crippen LogP) is 3.16. The van der Waals surface area contributed by atoms with E-state index < -0.39 is 27.3 Å². The lowest BCUT2D eigenvalue weighted by Crippen LogP contribution is -2.48. The monoisotopic (exact) mass is 471 g/mol. The molecule has 0 spiro atoms. The minimum atomic E-state index is -4.77. The fraction of sp³-hybridized carbons (Fsp3) is 0.350. The van der Waals surface area contributed by atoms with Crippen molar-refractivity contribution in [3.8, 4) is 0 Å². The number of rotatable bonds is 5. The summed E-state index contributed by atoms with van der Waals surface area (Å²) < 4.78 is 67.6. The maximum atomic E-state index is 13.4. The standard InChI is InChI=1S/C20H20F3N3O3S2/c21-20(22,23)17-13-19(27)24-18-4-3-15(12-16(17)18)31(28,29)26-9-7-25(8-10-26)6-5-14-2-1-11-30-14/h1-4,11-13H,5-10H2,(H,24,27). The van der Waals surface area contributed by atoms with E-state index in [4.69, 9.17) is 0 Å². The average Bonchev–Trinajstić information content (AvgIpc) is 3.24. The summed E-state index contributed by atoms with van der Waals surface area (Å²) in [6, 6.07) is 7.94. The Morgan fingerprint density at radius 3 is 2.45 bits per heavy atom. The van der Waals surface area contributed by atoms with Crippen molar-refractivity contribution < 1.29 is 21.6 Å². The molecule has 0 saturated carbocycles. The summed E-state index contributed by atoms with van der Waals surface area (Å²) in [5.74, 6) is 0. The normalized spacial score (nSPS) is 16.7. The Hall–Kier alpha value is -2.21. The van der Waals surface area contributed by atoms with Gasteiger partial charge in [0.25, 0.3) is 0 Å². The third-order valence-corrected chi connectivity index (χ3v) is 8.17. The summed E-state index contributed by atoms with van der Waals surface area (Å²) in [7, 11) is -3.96. The van der Waals surface area contributed by atoms with Gasteiger partial charge in [0, 0.05) is 54.6 Å². The van der Waals surface area contributed by atoms with Gasteiger partial charge >= 0.3 is 6.18 Å². The number of pyridine rings is 1. The van der Waals surface area contributed by atoms with E-state index in [1.165, 1.54) is 21.3 Å². The number of halogens is 3.